The molecule has 1 aromatic carbocycles. The molecule has 0 aromatic heterocycles. The van der Waals surface area contributed by atoms with Crippen LogP contribution >= 0.6 is 24.0 Å². The Hall–Kier alpha value is -0.830. The number of benzene rings is 1. The standard InChI is InChI=1S/C15H23N3O2S.HI/c1-18(2)14(16-11-13-7-5-4-6-8-13)17-12-15(9-10-15)21(3,19)20;/h4-8H,9-12H2,1-3H3,(H,16,17);1H. The highest BCUT2D eigenvalue weighted by atomic mass is 127. The molecule has 22 heavy (non-hydrogen) atoms. The highest BCUT2D eigenvalue weighted by Crippen LogP contribution is 2.42. The molecule has 0 spiro atoms. The number of hydrogen-bond acceptors (Lipinski definition) is 3. The molecule has 0 amide bonds. The maximum atomic E-state index is 11.8. The predicted octanol–water partition coefficient (Wildman–Crippen LogP) is 1.89. The van der Waals surface area contributed by atoms with E-state index in [1.807, 2.05) is 49.3 Å². The number of nitrogens with zero attached hydrogens (tertiary/aromatic N) is 2. The second-order valence-electron chi connectivity index (χ2n) is 5.83. The van der Waals surface area contributed by atoms with E-state index in [9.17, 15) is 8.42 Å². The van der Waals surface area contributed by atoms with Gasteiger partial charge in [0.25, 0.3) is 0 Å². The van der Waals surface area contributed by atoms with E-state index in [-0.39, 0.29) is 24.0 Å². The Labute approximate surface area is 150 Å². The molecule has 0 radical (unpaired) electrons. The molecule has 124 valence electrons. The highest BCUT2D eigenvalue weighted by molar-refractivity contribution is 14.0. The fraction of sp³-hybridized carbons (Fsp3) is 0.533. The molecule has 1 fully saturated rings. The highest BCUT2D eigenvalue weighted by Gasteiger charge is 2.52. The zero-order valence-electron chi connectivity index (χ0n) is 13.2. The number of nitrogens with one attached hydrogen (secondary N) is 1. The van der Waals surface area contributed by atoms with Crippen LogP contribution in [0.5, 0.6) is 0 Å². The molecule has 1 N–H and O–H groups in total. The molecule has 5 nitrogen and oxygen atoms in total. The normalized spacial score (nSPS) is 16.6. The lowest BCUT2D eigenvalue weighted by Crippen LogP contribution is -2.43. The van der Waals surface area contributed by atoms with Gasteiger partial charge in [-0.25, -0.2) is 13.4 Å². The zero-order valence-corrected chi connectivity index (χ0v) is 16.4. The van der Waals surface area contributed by atoms with Gasteiger partial charge in [-0.1, -0.05) is 30.3 Å². The van der Waals surface area contributed by atoms with Gasteiger partial charge in [0, 0.05) is 26.9 Å². The van der Waals surface area contributed by atoms with E-state index in [4.69, 9.17) is 0 Å². The van der Waals surface area contributed by atoms with Crippen LogP contribution in [0.3, 0.4) is 0 Å². The largest absolute Gasteiger partial charge is 0.355 e. The molecule has 1 aliphatic carbocycles. The van der Waals surface area contributed by atoms with Crippen LogP contribution in [0, 0.1) is 0 Å². The van der Waals surface area contributed by atoms with Gasteiger partial charge in [0.2, 0.25) is 0 Å². The molecule has 0 unspecified atom stereocenters. The lowest BCUT2D eigenvalue weighted by Gasteiger charge is -2.21. The van der Waals surface area contributed by atoms with E-state index in [0.717, 1.165) is 18.4 Å². The molecule has 0 heterocycles. The van der Waals surface area contributed by atoms with E-state index in [1.165, 1.54) is 6.26 Å². The Kier molecular flexibility index (Phi) is 6.66. The fourth-order valence-electron chi connectivity index (χ4n) is 2.16. The van der Waals surface area contributed by atoms with Crippen molar-refractivity contribution in [2.45, 2.75) is 24.1 Å². The van der Waals surface area contributed by atoms with Crippen molar-refractivity contribution in [3.05, 3.63) is 35.9 Å². The first kappa shape index (κ1) is 19.2. The minimum absolute atomic E-state index is 0. The minimum Gasteiger partial charge on any atom is -0.355 e. The van der Waals surface area contributed by atoms with E-state index >= 15 is 0 Å². The number of rotatable bonds is 5. The Morgan fingerprint density at radius 2 is 1.86 bits per heavy atom. The van der Waals surface area contributed by atoms with Gasteiger partial charge in [0.1, 0.15) is 0 Å². The average molecular weight is 437 g/mol. The fourth-order valence-corrected chi connectivity index (χ4v) is 3.34. The summed E-state index contributed by atoms with van der Waals surface area (Å²) in [5, 5.41) is 3.20. The summed E-state index contributed by atoms with van der Waals surface area (Å²) in [6.45, 7) is 1.00. The van der Waals surface area contributed by atoms with Crippen molar-refractivity contribution in [3.63, 3.8) is 0 Å². The van der Waals surface area contributed by atoms with Crippen molar-refractivity contribution in [1.82, 2.24) is 10.2 Å². The van der Waals surface area contributed by atoms with Crippen LogP contribution in [0.1, 0.15) is 18.4 Å². The summed E-state index contributed by atoms with van der Waals surface area (Å²) in [5.41, 5.74) is 1.13. The third-order valence-electron chi connectivity index (χ3n) is 3.84. The lowest BCUT2D eigenvalue weighted by atomic mass is 10.2. The molecular weight excluding hydrogens is 413 g/mol. The molecule has 0 aliphatic heterocycles. The third-order valence-corrected chi connectivity index (χ3v) is 5.97. The van der Waals surface area contributed by atoms with Crippen LogP contribution in [-0.4, -0.2) is 50.9 Å². The van der Waals surface area contributed by atoms with E-state index in [2.05, 4.69) is 10.3 Å². The van der Waals surface area contributed by atoms with Gasteiger partial charge in [0.15, 0.2) is 15.8 Å². The van der Waals surface area contributed by atoms with Gasteiger partial charge in [-0.05, 0) is 18.4 Å². The van der Waals surface area contributed by atoms with Crippen molar-refractivity contribution < 1.29 is 8.42 Å². The molecule has 1 aromatic rings. The molecule has 1 saturated carbocycles. The van der Waals surface area contributed by atoms with Crippen LogP contribution in [0.15, 0.2) is 35.3 Å². The summed E-state index contributed by atoms with van der Waals surface area (Å²) in [7, 11) is 0.784. The minimum atomic E-state index is -3.02. The van der Waals surface area contributed by atoms with Crippen LogP contribution in [0.25, 0.3) is 0 Å². The molecule has 7 heteroatoms. The van der Waals surface area contributed by atoms with Crippen molar-refractivity contribution in [1.29, 1.82) is 0 Å². The van der Waals surface area contributed by atoms with Gasteiger partial charge >= 0.3 is 0 Å². The SMILES string of the molecule is CN(C)C(=NCc1ccccc1)NCC1(S(C)(=O)=O)CC1.I. The Morgan fingerprint density at radius 1 is 1.27 bits per heavy atom. The Bertz CT molecular complexity index is 611. The summed E-state index contributed by atoms with van der Waals surface area (Å²) in [4.78, 5) is 6.42. The average Bonchev–Trinajstić information content (AvgIpc) is 3.20. The summed E-state index contributed by atoms with van der Waals surface area (Å²) in [6.07, 6.45) is 2.79. The summed E-state index contributed by atoms with van der Waals surface area (Å²) >= 11 is 0. The number of sulfone groups is 1. The van der Waals surface area contributed by atoms with Gasteiger partial charge < -0.3 is 10.2 Å². The van der Waals surface area contributed by atoms with Gasteiger partial charge in [-0.3, -0.25) is 0 Å². The molecule has 1 aliphatic rings. The van der Waals surface area contributed by atoms with Crippen LogP contribution in [0.2, 0.25) is 0 Å². The smallest absolute Gasteiger partial charge is 0.193 e. The number of halogens is 1. The van der Waals surface area contributed by atoms with E-state index < -0.39 is 14.6 Å². The maximum absolute atomic E-state index is 11.8. The summed E-state index contributed by atoms with van der Waals surface area (Å²) in [6, 6.07) is 9.99. The van der Waals surface area contributed by atoms with Gasteiger partial charge in [-0.2, -0.15) is 0 Å². The Morgan fingerprint density at radius 3 is 2.32 bits per heavy atom. The van der Waals surface area contributed by atoms with Crippen molar-refractivity contribution in [2.24, 2.45) is 4.99 Å². The van der Waals surface area contributed by atoms with Crippen molar-refractivity contribution in [3.8, 4) is 0 Å². The molecule has 0 bridgehead atoms. The lowest BCUT2D eigenvalue weighted by molar-refractivity contribution is 0.558. The first-order valence-corrected chi connectivity index (χ1v) is 8.92. The maximum Gasteiger partial charge on any atom is 0.193 e. The van der Waals surface area contributed by atoms with Crippen LogP contribution in [-0.2, 0) is 16.4 Å². The van der Waals surface area contributed by atoms with Gasteiger partial charge in [-0.15, -0.1) is 24.0 Å². The number of aliphatic imine (C=N–C) groups is 1. The molecule has 0 saturated heterocycles. The van der Waals surface area contributed by atoms with Crippen LogP contribution < -0.4 is 5.32 Å². The van der Waals surface area contributed by atoms with Crippen molar-refractivity contribution >= 4 is 39.8 Å². The van der Waals surface area contributed by atoms with Gasteiger partial charge in [0.05, 0.1) is 11.3 Å². The topological polar surface area (TPSA) is 61.8 Å². The molecular formula is C15H24IN3O2S. The monoisotopic (exact) mass is 437 g/mol. The third kappa shape index (κ3) is 4.84. The second kappa shape index (κ2) is 7.63. The first-order valence-electron chi connectivity index (χ1n) is 7.03. The predicted molar refractivity (Wildman–Crippen MR) is 101 cm³/mol. The molecule has 0 atom stereocenters. The van der Waals surface area contributed by atoms with E-state index in [0.29, 0.717) is 19.0 Å². The number of guanidine groups is 1. The van der Waals surface area contributed by atoms with Crippen LogP contribution in [0.4, 0.5) is 0 Å². The molecule has 2 rings (SSSR count). The summed E-state index contributed by atoms with van der Waals surface area (Å²) in [5.74, 6) is 0.716. The summed E-state index contributed by atoms with van der Waals surface area (Å²) < 4.78 is 23.0. The first-order chi connectivity index (χ1) is 9.84. The Balaban J connectivity index is 0.00000242. The van der Waals surface area contributed by atoms with E-state index in [1.54, 1.807) is 0 Å². The quantitative estimate of drug-likeness (QED) is 0.434. The number of hydrogen-bond donors (Lipinski definition) is 1. The van der Waals surface area contributed by atoms with Crippen molar-refractivity contribution in [2.75, 3.05) is 26.9 Å². The second-order valence-corrected chi connectivity index (χ2v) is 8.24. The zero-order chi connectivity index (χ0) is 15.5.